The molecule has 1 atom stereocenters. The van der Waals surface area contributed by atoms with Crippen molar-refractivity contribution in [3.05, 3.63) is 35.1 Å². The molecular weight excluding hydrogens is 241 g/mol. The average Bonchev–Trinajstić information content (AvgIpc) is 2.83. The standard InChI is InChI=1S/C16H22FNO/c1-3-6-16(7-8-18-11-16)15(19)10-13-4-5-14(17)9-12(13)2/h4-5,9,18H,3,6-8,10-11H2,1-2H3. The molecule has 2 rings (SSSR count). The summed E-state index contributed by atoms with van der Waals surface area (Å²) in [5, 5.41) is 3.31. The molecule has 1 aliphatic heterocycles. The van der Waals surface area contributed by atoms with E-state index in [0.717, 1.165) is 43.5 Å². The van der Waals surface area contributed by atoms with E-state index in [0.29, 0.717) is 12.2 Å². The van der Waals surface area contributed by atoms with Crippen molar-refractivity contribution in [2.45, 2.75) is 39.5 Å². The normalized spacial score (nSPS) is 22.7. The van der Waals surface area contributed by atoms with Gasteiger partial charge in [-0.15, -0.1) is 0 Å². The molecule has 0 aromatic heterocycles. The molecule has 1 saturated heterocycles. The number of carbonyl (C=O) groups is 1. The molecule has 0 saturated carbocycles. The quantitative estimate of drug-likeness (QED) is 0.884. The van der Waals surface area contributed by atoms with Crippen LogP contribution in [0.15, 0.2) is 18.2 Å². The molecule has 0 aliphatic carbocycles. The van der Waals surface area contributed by atoms with Gasteiger partial charge in [0.1, 0.15) is 11.6 Å². The monoisotopic (exact) mass is 263 g/mol. The maximum absolute atomic E-state index is 13.1. The van der Waals surface area contributed by atoms with Crippen molar-refractivity contribution >= 4 is 5.78 Å². The number of rotatable bonds is 5. The van der Waals surface area contributed by atoms with Gasteiger partial charge < -0.3 is 5.32 Å². The highest BCUT2D eigenvalue weighted by atomic mass is 19.1. The van der Waals surface area contributed by atoms with E-state index in [2.05, 4.69) is 12.2 Å². The first-order valence-electron chi connectivity index (χ1n) is 7.06. The number of halogens is 1. The maximum atomic E-state index is 13.1. The minimum atomic E-state index is -0.237. The predicted octanol–water partition coefficient (Wildman–Crippen LogP) is 3.03. The Kier molecular flexibility index (Phi) is 4.35. The zero-order valence-corrected chi connectivity index (χ0v) is 11.8. The summed E-state index contributed by atoms with van der Waals surface area (Å²) in [5.74, 6) is 0.0635. The van der Waals surface area contributed by atoms with Gasteiger partial charge in [0.15, 0.2) is 0 Å². The highest BCUT2D eigenvalue weighted by molar-refractivity contribution is 5.87. The lowest BCUT2D eigenvalue weighted by atomic mass is 9.76. The minimum absolute atomic E-state index is 0.199. The molecule has 1 N–H and O–H groups in total. The molecule has 19 heavy (non-hydrogen) atoms. The summed E-state index contributed by atoms with van der Waals surface area (Å²) in [6, 6.07) is 4.68. The van der Waals surface area contributed by atoms with Crippen LogP contribution in [0, 0.1) is 18.2 Å². The number of hydrogen-bond acceptors (Lipinski definition) is 2. The Morgan fingerprint density at radius 3 is 2.84 bits per heavy atom. The molecule has 1 aliphatic rings. The fourth-order valence-electron chi connectivity index (χ4n) is 3.03. The Morgan fingerprint density at radius 1 is 1.47 bits per heavy atom. The highest BCUT2D eigenvalue weighted by Crippen LogP contribution is 2.33. The smallest absolute Gasteiger partial charge is 0.144 e. The van der Waals surface area contributed by atoms with E-state index in [1.807, 2.05) is 6.92 Å². The van der Waals surface area contributed by atoms with Crippen LogP contribution in [-0.4, -0.2) is 18.9 Å². The van der Waals surface area contributed by atoms with Gasteiger partial charge in [-0.05, 0) is 49.6 Å². The number of Topliss-reactive ketones (excluding diaryl/α,β-unsaturated/α-hetero) is 1. The molecule has 2 nitrogen and oxygen atoms in total. The zero-order valence-electron chi connectivity index (χ0n) is 11.8. The second kappa shape index (κ2) is 5.83. The van der Waals surface area contributed by atoms with Crippen LogP contribution in [0.2, 0.25) is 0 Å². The lowest BCUT2D eigenvalue weighted by Gasteiger charge is -2.26. The van der Waals surface area contributed by atoms with Crippen LogP contribution in [0.25, 0.3) is 0 Å². The summed E-state index contributed by atoms with van der Waals surface area (Å²) in [4.78, 5) is 12.6. The lowest BCUT2D eigenvalue weighted by molar-refractivity contribution is -0.127. The topological polar surface area (TPSA) is 29.1 Å². The van der Waals surface area contributed by atoms with E-state index >= 15 is 0 Å². The summed E-state index contributed by atoms with van der Waals surface area (Å²) < 4.78 is 13.1. The lowest BCUT2D eigenvalue weighted by Crippen LogP contribution is -2.34. The van der Waals surface area contributed by atoms with E-state index in [1.165, 1.54) is 12.1 Å². The van der Waals surface area contributed by atoms with E-state index in [9.17, 15) is 9.18 Å². The second-order valence-corrected chi connectivity index (χ2v) is 5.63. The number of carbonyl (C=O) groups excluding carboxylic acids is 1. The molecule has 1 aromatic rings. The van der Waals surface area contributed by atoms with Crippen LogP contribution in [0.3, 0.4) is 0 Å². The van der Waals surface area contributed by atoms with Crippen LogP contribution in [0.5, 0.6) is 0 Å². The summed E-state index contributed by atoms with van der Waals surface area (Å²) in [7, 11) is 0. The molecule has 0 spiro atoms. The van der Waals surface area contributed by atoms with Gasteiger partial charge in [-0.2, -0.15) is 0 Å². The van der Waals surface area contributed by atoms with E-state index < -0.39 is 0 Å². The van der Waals surface area contributed by atoms with Crippen molar-refractivity contribution in [3.63, 3.8) is 0 Å². The third-order valence-corrected chi connectivity index (χ3v) is 4.22. The summed E-state index contributed by atoms with van der Waals surface area (Å²) >= 11 is 0. The fraction of sp³-hybridized carbons (Fsp3) is 0.562. The molecule has 104 valence electrons. The molecule has 1 fully saturated rings. The largest absolute Gasteiger partial charge is 0.316 e. The van der Waals surface area contributed by atoms with Crippen molar-refractivity contribution in [2.24, 2.45) is 5.41 Å². The fourth-order valence-corrected chi connectivity index (χ4v) is 3.03. The molecular formula is C16H22FNO. The molecule has 0 radical (unpaired) electrons. The summed E-state index contributed by atoms with van der Waals surface area (Å²) in [6.07, 6.45) is 3.32. The third kappa shape index (κ3) is 3.03. The van der Waals surface area contributed by atoms with Gasteiger partial charge in [-0.3, -0.25) is 4.79 Å². The molecule has 1 unspecified atom stereocenters. The van der Waals surface area contributed by atoms with Crippen molar-refractivity contribution in [1.82, 2.24) is 5.32 Å². The zero-order chi connectivity index (χ0) is 13.9. The predicted molar refractivity (Wildman–Crippen MR) is 74.7 cm³/mol. The third-order valence-electron chi connectivity index (χ3n) is 4.22. The minimum Gasteiger partial charge on any atom is -0.316 e. The Morgan fingerprint density at radius 2 is 2.26 bits per heavy atom. The van der Waals surface area contributed by atoms with Crippen LogP contribution >= 0.6 is 0 Å². The molecule has 0 bridgehead atoms. The van der Waals surface area contributed by atoms with E-state index in [1.54, 1.807) is 6.07 Å². The molecule has 1 heterocycles. The highest BCUT2D eigenvalue weighted by Gasteiger charge is 2.39. The van der Waals surface area contributed by atoms with E-state index in [-0.39, 0.29) is 11.2 Å². The van der Waals surface area contributed by atoms with Crippen LogP contribution < -0.4 is 5.32 Å². The SMILES string of the molecule is CCCC1(C(=O)Cc2ccc(F)cc2C)CCNC1. The number of nitrogens with one attached hydrogen (secondary N) is 1. The Labute approximate surface area is 114 Å². The first-order valence-corrected chi connectivity index (χ1v) is 7.06. The molecule has 0 amide bonds. The van der Waals surface area contributed by atoms with Gasteiger partial charge in [0.25, 0.3) is 0 Å². The van der Waals surface area contributed by atoms with Crippen molar-refractivity contribution in [1.29, 1.82) is 0 Å². The van der Waals surface area contributed by atoms with Gasteiger partial charge >= 0.3 is 0 Å². The first kappa shape index (κ1) is 14.2. The first-order chi connectivity index (χ1) is 9.07. The van der Waals surface area contributed by atoms with Gasteiger partial charge in [-0.1, -0.05) is 19.4 Å². The van der Waals surface area contributed by atoms with Crippen LogP contribution in [0.1, 0.15) is 37.3 Å². The van der Waals surface area contributed by atoms with Gasteiger partial charge in [0.05, 0.1) is 0 Å². The van der Waals surface area contributed by atoms with Crippen molar-refractivity contribution in [3.8, 4) is 0 Å². The maximum Gasteiger partial charge on any atom is 0.144 e. The molecule has 1 aromatic carbocycles. The van der Waals surface area contributed by atoms with Gasteiger partial charge in [0, 0.05) is 18.4 Å². The second-order valence-electron chi connectivity index (χ2n) is 5.63. The van der Waals surface area contributed by atoms with Gasteiger partial charge in [-0.25, -0.2) is 4.39 Å². The van der Waals surface area contributed by atoms with Crippen molar-refractivity contribution < 1.29 is 9.18 Å². The summed E-state index contributed by atoms with van der Waals surface area (Å²) in [5.41, 5.74) is 1.62. The summed E-state index contributed by atoms with van der Waals surface area (Å²) in [6.45, 7) is 5.70. The number of aryl methyl sites for hydroxylation is 1. The van der Waals surface area contributed by atoms with Gasteiger partial charge in [0.2, 0.25) is 0 Å². The van der Waals surface area contributed by atoms with Crippen molar-refractivity contribution in [2.75, 3.05) is 13.1 Å². The van der Waals surface area contributed by atoms with Crippen LogP contribution in [-0.2, 0) is 11.2 Å². The number of hydrogen-bond donors (Lipinski definition) is 1. The Hall–Kier alpha value is -1.22. The van der Waals surface area contributed by atoms with Crippen LogP contribution in [0.4, 0.5) is 4.39 Å². The average molecular weight is 263 g/mol. The number of benzene rings is 1. The molecule has 3 heteroatoms. The number of ketones is 1. The Balaban J connectivity index is 2.15. The Bertz CT molecular complexity index is 464. The van der Waals surface area contributed by atoms with E-state index in [4.69, 9.17) is 0 Å².